The van der Waals surface area contributed by atoms with Crippen LogP contribution in [0.4, 0.5) is 0 Å². The first kappa shape index (κ1) is 12.3. The Kier molecular flexibility index (Phi) is 4.66. The fraction of sp³-hybridized carbons (Fsp3) is 0.222. The maximum atomic E-state index is 11.6. The van der Waals surface area contributed by atoms with E-state index in [0.29, 0.717) is 16.3 Å². The summed E-state index contributed by atoms with van der Waals surface area (Å²) in [6.45, 7) is 0. The largest absolute Gasteiger partial charge is 0.496 e. The van der Waals surface area contributed by atoms with Gasteiger partial charge in [0.15, 0.2) is 5.78 Å². The zero-order valence-electron chi connectivity index (χ0n) is 7.31. The van der Waals surface area contributed by atoms with E-state index in [2.05, 4.69) is 15.9 Å². The van der Waals surface area contributed by atoms with Gasteiger partial charge in [0.05, 0.1) is 23.0 Å². The molecular weight excluding hydrogens is 382 g/mol. The highest BCUT2D eigenvalue weighted by molar-refractivity contribution is 14.1. The molecule has 0 heterocycles. The van der Waals surface area contributed by atoms with E-state index in [-0.39, 0.29) is 11.1 Å². The molecule has 14 heavy (non-hydrogen) atoms. The number of hydrogen-bond acceptors (Lipinski definition) is 2. The molecule has 0 N–H and O–H groups in total. The minimum absolute atomic E-state index is 0.0336. The van der Waals surface area contributed by atoms with Crippen molar-refractivity contribution in [2.45, 2.75) is 0 Å². The molecule has 2 nitrogen and oxygen atoms in total. The molecule has 76 valence electrons. The molecule has 0 aromatic heterocycles. The Bertz CT molecular complexity index is 368. The second-order valence-electron chi connectivity index (χ2n) is 2.50. The second kappa shape index (κ2) is 5.32. The third-order valence-corrected chi connectivity index (χ3v) is 3.94. The number of Topliss-reactive ketones (excluding diaryl/α,β-unsaturated/α-hetero) is 1. The van der Waals surface area contributed by atoms with Gasteiger partial charge < -0.3 is 4.74 Å². The zero-order valence-corrected chi connectivity index (χ0v) is 11.8. The highest BCUT2D eigenvalue weighted by atomic mass is 127. The van der Waals surface area contributed by atoms with Gasteiger partial charge >= 0.3 is 0 Å². The third kappa shape index (κ3) is 2.41. The van der Waals surface area contributed by atoms with E-state index in [9.17, 15) is 4.79 Å². The number of benzene rings is 1. The van der Waals surface area contributed by atoms with Gasteiger partial charge in [-0.1, -0.05) is 27.5 Å². The van der Waals surface area contributed by atoms with Crippen LogP contribution in [0, 0.1) is 3.57 Å². The highest BCUT2D eigenvalue weighted by Crippen LogP contribution is 2.30. The van der Waals surface area contributed by atoms with Crippen LogP contribution < -0.4 is 4.74 Å². The van der Waals surface area contributed by atoms with Crippen LogP contribution in [0.3, 0.4) is 0 Å². The van der Waals surface area contributed by atoms with Gasteiger partial charge in [-0.05, 0) is 34.7 Å². The smallest absolute Gasteiger partial charge is 0.178 e. The lowest BCUT2D eigenvalue weighted by Crippen LogP contribution is -2.06. The summed E-state index contributed by atoms with van der Waals surface area (Å²) in [4.78, 5) is 11.6. The van der Waals surface area contributed by atoms with Gasteiger partial charge in [-0.2, -0.15) is 0 Å². The number of ether oxygens (including phenoxy) is 1. The fourth-order valence-electron chi connectivity index (χ4n) is 1.03. The van der Waals surface area contributed by atoms with Gasteiger partial charge in [-0.25, -0.2) is 0 Å². The van der Waals surface area contributed by atoms with Gasteiger partial charge in [-0.3, -0.25) is 4.79 Å². The predicted octanol–water partition coefficient (Wildman–Crippen LogP) is 3.53. The summed E-state index contributed by atoms with van der Waals surface area (Å²) in [7, 11) is 1.53. The Morgan fingerprint density at radius 1 is 1.64 bits per heavy atom. The maximum Gasteiger partial charge on any atom is 0.178 e. The molecule has 0 bridgehead atoms. The van der Waals surface area contributed by atoms with Crippen LogP contribution in [0.1, 0.15) is 10.4 Å². The molecule has 0 amide bonds. The fourth-order valence-corrected chi connectivity index (χ4v) is 2.21. The molecule has 1 aromatic rings. The molecule has 0 fully saturated rings. The Morgan fingerprint density at radius 2 is 2.29 bits per heavy atom. The molecule has 0 radical (unpaired) electrons. The van der Waals surface area contributed by atoms with Crippen molar-refractivity contribution >= 4 is 55.9 Å². The highest BCUT2D eigenvalue weighted by Gasteiger charge is 2.17. The first-order chi connectivity index (χ1) is 6.61. The van der Waals surface area contributed by atoms with Gasteiger partial charge in [0, 0.05) is 3.57 Å². The van der Waals surface area contributed by atoms with Crippen molar-refractivity contribution in [1.29, 1.82) is 0 Å². The summed E-state index contributed by atoms with van der Waals surface area (Å²) in [6, 6.07) is 3.41. The first-order valence-electron chi connectivity index (χ1n) is 3.73. The Hall–Kier alpha value is 0.190. The molecule has 0 aliphatic heterocycles. The number of hydrogen-bond donors (Lipinski definition) is 0. The van der Waals surface area contributed by atoms with Crippen LogP contribution in [0.25, 0.3) is 0 Å². The standard InChI is InChI=1S/C9H7BrClIO2/c1-14-7-3-2-5(11)9(12)8(7)6(13)4-10/h2-3H,4H2,1H3. The van der Waals surface area contributed by atoms with Crippen molar-refractivity contribution in [1.82, 2.24) is 0 Å². The van der Waals surface area contributed by atoms with E-state index in [4.69, 9.17) is 16.3 Å². The average molecular weight is 389 g/mol. The van der Waals surface area contributed by atoms with Gasteiger partial charge in [0.1, 0.15) is 5.75 Å². The monoisotopic (exact) mass is 388 g/mol. The lowest BCUT2D eigenvalue weighted by molar-refractivity contribution is 0.102. The summed E-state index contributed by atoms with van der Waals surface area (Å²) in [5.74, 6) is 0.525. The number of carbonyl (C=O) groups is 1. The molecule has 0 atom stereocenters. The predicted molar refractivity (Wildman–Crippen MR) is 68.8 cm³/mol. The second-order valence-corrected chi connectivity index (χ2v) is 4.54. The van der Waals surface area contributed by atoms with E-state index in [1.165, 1.54) is 7.11 Å². The van der Waals surface area contributed by atoms with Crippen molar-refractivity contribution < 1.29 is 9.53 Å². The van der Waals surface area contributed by atoms with E-state index < -0.39 is 0 Å². The summed E-state index contributed by atoms with van der Waals surface area (Å²) in [5, 5.41) is 0.829. The lowest BCUT2D eigenvalue weighted by Gasteiger charge is -2.09. The molecule has 0 aliphatic carbocycles. The third-order valence-electron chi connectivity index (χ3n) is 1.68. The molecule has 1 aromatic carbocycles. The lowest BCUT2D eigenvalue weighted by atomic mass is 10.1. The van der Waals surface area contributed by atoms with Crippen LogP contribution in [-0.4, -0.2) is 18.2 Å². The first-order valence-corrected chi connectivity index (χ1v) is 6.30. The average Bonchev–Trinajstić information content (AvgIpc) is 2.20. The van der Waals surface area contributed by atoms with Gasteiger partial charge in [-0.15, -0.1) is 0 Å². The van der Waals surface area contributed by atoms with Crippen LogP contribution in [0.5, 0.6) is 5.75 Å². The van der Waals surface area contributed by atoms with Gasteiger partial charge in [0.25, 0.3) is 0 Å². The quantitative estimate of drug-likeness (QED) is 0.449. The molecule has 0 saturated heterocycles. The van der Waals surface area contributed by atoms with Crippen molar-refractivity contribution in [3.05, 3.63) is 26.3 Å². The number of halogens is 3. The topological polar surface area (TPSA) is 26.3 Å². The summed E-state index contributed by atoms with van der Waals surface area (Å²) >= 11 is 11.1. The van der Waals surface area contributed by atoms with Crippen LogP contribution in [0.15, 0.2) is 12.1 Å². The van der Waals surface area contributed by atoms with Crippen LogP contribution in [0.2, 0.25) is 5.02 Å². The summed E-state index contributed by atoms with van der Waals surface area (Å²) in [5.41, 5.74) is 0.539. The molecular formula is C9H7BrClIO2. The van der Waals surface area contributed by atoms with Crippen molar-refractivity contribution in [2.75, 3.05) is 12.4 Å². The summed E-state index contributed by atoms with van der Waals surface area (Å²) in [6.07, 6.45) is 0. The Morgan fingerprint density at radius 3 is 2.79 bits per heavy atom. The number of rotatable bonds is 3. The Labute approximate surface area is 109 Å². The van der Waals surface area contributed by atoms with Crippen molar-refractivity contribution in [3.8, 4) is 5.75 Å². The number of methoxy groups -OCH3 is 1. The van der Waals surface area contributed by atoms with E-state index in [1.807, 2.05) is 22.6 Å². The molecule has 0 aliphatic rings. The minimum Gasteiger partial charge on any atom is -0.496 e. The number of alkyl halides is 1. The summed E-state index contributed by atoms with van der Waals surface area (Å²) < 4.78 is 5.83. The van der Waals surface area contributed by atoms with Gasteiger partial charge in [0.2, 0.25) is 0 Å². The minimum atomic E-state index is -0.0336. The zero-order chi connectivity index (χ0) is 10.7. The Balaban J connectivity index is 3.35. The normalized spacial score (nSPS) is 10.0. The van der Waals surface area contributed by atoms with Crippen molar-refractivity contribution in [3.63, 3.8) is 0 Å². The number of carbonyl (C=O) groups excluding carboxylic acids is 1. The van der Waals surface area contributed by atoms with E-state index in [0.717, 1.165) is 3.57 Å². The SMILES string of the molecule is COc1ccc(Cl)c(I)c1C(=O)CBr. The van der Waals surface area contributed by atoms with Crippen LogP contribution in [-0.2, 0) is 0 Å². The molecule has 0 unspecified atom stereocenters. The number of ketones is 1. The maximum absolute atomic E-state index is 11.6. The molecule has 0 spiro atoms. The molecule has 0 saturated carbocycles. The van der Waals surface area contributed by atoms with E-state index in [1.54, 1.807) is 12.1 Å². The molecule has 1 rings (SSSR count). The van der Waals surface area contributed by atoms with E-state index >= 15 is 0 Å². The van der Waals surface area contributed by atoms with Crippen LogP contribution >= 0.6 is 50.1 Å². The molecule has 5 heteroatoms. The van der Waals surface area contributed by atoms with Crippen molar-refractivity contribution in [2.24, 2.45) is 0 Å².